The van der Waals surface area contributed by atoms with Crippen molar-refractivity contribution in [3.05, 3.63) is 53.3 Å². The van der Waals surface area contributed by atoms with Crippen molar-refractivity contribution in [2.24, 2.45) is 0 Å². The molecule has 0 radical (unpaired) electrons. The first-order valence-corrected chi connectivity index (χ1v) is 8.72. The zero-order chi connectivity index (χ0) is 17.1. The molecule has 2 aromatic rings. The molecule has 1 N–H and O–H groups in total. The lowest BCUT2D eigenvalue weighted by molar-refractivity contribution is 0.0683. The number of amides is 1. The van der Waals surface area contributed by atoms with Crippen LogP contribution in [0.4, 0.5) is 0 Å². The summed E-state index contributed by atoms with van der Waals surface area (Å²) in [5, 5.41) is 6.99. The minimum Gasteiger partial charge on any atom is -0.333 e. The smallest absolute Gasteiger partial charge is 0.274 e. The number of likely N-dealkylation sites (tertiary alicyclic amines) is 1. The Labute approximate surface area is 143 Å². The molecule has 1 fully saturated rings. The van der Waals surface area contributed by atoms with Gasteiger partial charge in [-0.05, 0) is 38.8 Å². The number of benzene rings is 1. The second-order valence-electron chi connectivity index (χ2n) is 6.55. The highest BCUT2D eigenvalue weighted by Crippen LogP contribution is 2.27. The third-order valence-electron chi connectivity index (χ3n) is 4.99. The van der Waals surface area contributed by atoms with Crippen molar-refractivity contribution in [1.82, 2.24) is 20.0 Å². The van der Waals surface area contributed by atoms with Gasteiger partial charge in [0.05, 0.1) is 0 Å². The van der Waals surface area contributed by atoms with E-state index in [1.54, 1.807) is 0 Å². The number of nitrogens with one attached hydrogen (secondary N) is 1. The van der Waals surface area contributed by atoms with Crippen molar-refractivity contribution < 1.29 is 4.79 Å². The zero-order valence-corrected chi connectivity index (χ0v) is 14.7. The minimum atomic E-state index is 0.0288. The summed E-state index contributed by atoms with van der Waals surface area (Å²) >= 11 is 0. The number of hydrogen-bond acceptors (Lipinski definition) is 3. The molecule has 0 saturated carbocycles. The number of H-pyrrole nitrogens is 1. The summed E-state index contributed by atoms with van der Waals surface area (Å²) in [5.74, 6) is 0.0288. The summed E-state index contributed by atoms with van der Waals surface area (Å²) in [7, 11) is 0. The predicted molar refractivity (Wildman–Crippen MR) is 94.9 cm³/mol. The van der Waals surface area contributed by atoms with Crippen LogP contribution in [0.15, 0.2) is 36.4 Å². The van der Waals surface area contributed by atoms with Crippen LogP contribution in [0.2, 0.25) is 0 Å². The van der Waals surface area contributed by atoms with Gasteiger partial charge < -0.3 is 4.90 Å². The van der Waals surface area contributed by atoms with E-state index in [-0.39, 0.29) is 11.9 Å². The van der Waals surface area contributed by atoms with Gasteiger partial charge >= 0.3 is 0 Å². The predicted octanol–water partition coefficient (Wildman–Crippen LogP) is 3.02. The molecule has 24 heavy (non-hydrogen) atoms. The van der Waals surface area contributed by atoms with Crippen molar-refractivity contribution in [3.8, 4) is 0 Å². The van der Waals surface area contributed by atoms with Crippen molar-refractivity contribution in [1.29, 1.82) is 0 Å². The minimum absolute atomic E-state index is 0.0288. The second-order valence-corrected chi connectivity index (χ2v) is 6.55. The van der Waals surface area contributed by atoms with E-state index in [0.29, 0.717) is 18.3 Å². The van der Waals surface area contributed by atoms with Gasteiger partial charge in [0.1, 0.15) is 5.69 Å². The van der Waals surface area contributed by atoms with E-state index in [9.17, 15) is 4.79 Å². The molecule has 0 spiro atoms. The lowest BCUT2D eigenvalue weighted by Gasteiger charge is -2.29. The van der Waals surface area contributed by atoms with Crippen LogP contribution in [0.1, 0.15) is 48.1 Å². The molecule has 2 atom stereocenters. The van der Waals surface area contributed by atoms with E-state index in [2.05, 4.69) is 46.3 Å². The molecule has 5 nitrogen and oxygen atoms in total. The van der Waals surface area contributed by atoms with Gasteiger partial charge in [-0.2, -0.15) is 5.10 Å². The SMILES string of the molecule is CCN(C(=O)c1cc(C)[nH]n1)[C@H]1CCN([C@@H](C)c2ccccc2)C1. The number of carbonyl (C=O) groups is 1. The quantitative estimate of drug-likeness (QED) is 0.919. The third-order valence-corrected chi connectivity index (χ3v) is 4.99. The Bertz CT molecular complexity index is 682. The zero-order valence-electron chi connectivity index (χ0n) is 14.7. The van der Waals surface area contributed by atoms with Crippen LogP contribution in [-0.2, 0) is 0 Å². The van der Waals surface area contributed by atoms with Crippen LogP contribution < -0.4 is 0 Å². The molecule has 3 rings (SSSR count). The average Bonchev–Trinajstić information content (AvgIpc) is 3.25. The molecule has 1 saturated heterocycles. The Morgan fingerprint density at radius 3 is 2.79 bits per heavy atom. The number of nitrogens with zero attached hydrogens (tertiary/aromatic N) is 3. The monoisotopic (exact) mass is 326 g/mol. The maximum atomic E-state index is 12.7. The van der Waals surface area contributed by atoms with E-state index >= 15 is 0 Å². The summed E-state index contributed by atoms with van der Waals surface area (Å²) in [4.78, 5) is 17.2. The van der Waals surface area contributed by atoms with Gasteiger partial charge in [0, 0.05) is 37.4 Å². The van der Waals surface area contributed by atoms with Crippen LogP contribution in [0.25, 0.3) is 0 Å². The molecule has 1 amide bonds. The van der Waals surface area contributed by atoms with Gasteiger partial charge in [-0.25, -0.2) is 0 Å². The van der Waals surface area contributed by atoms with Crippen LogP contribution in [0.5, 0.6) is 0 Å². The Kier molecular flexibility index (Phi) is 5.00. The molecule has 5 heteroatoms. The number of aryl methyl sites for hydroxylation is 1. The fraction of sp³-hybridized carbons (Fsp3) is 0.474. The molecule has 0 unspecified atom stereocenters. The van der Waals surface area contributed by atoms with E-state index in [4.69, 9.17) is 0 Å². The fourth-order valence-electron chi connectivity index (χ4n) is 3.56. The first-order valence-electron chi connectivity index (χ1n) is 8.72. The highest BCUT2D eigenvalue weighted by Gasteiger charge is 2.33. The van der Waals surface area contributed by atoms with E-state index in [1.807, 2.05) is 30.9 Å². The van der Waals surface area contributed by atoms with Crippen molar-refractivity contribution in [2.45, 2.75) is 39.3 Å². The van der Waals surface area contributed by atoms with Gasteiger partial charge in [0.15, 0.2) is 0 Å². The largest absolute Gasteiger partial charge is 0.333 e. The number of aromatic amines is 1. The molecule has 1 aliphatic rings. The van der Waals surface area contributed by atoms with Gasteiger partial charge in [0.2, 0.25) is 0 Å². The first kappa shape index (κ1) is 16.7. The normalized spacial score (nSPS) is 19.4. The van der Waals surface area contributed by atoms with Crippen LogP contribution >= 0.6 is 0 Å². The highest BCUT2D eigenvalue weighted by atomic mass is 16.2. The molecular weight excluding hydrogens is 300 g/mol. The number of likely N-dealkylation sites (N-methyl/N-ethyl adjacent to an activating group) is 1. The number of rotatable bonds is 5. The summed E-state index contributed by atoms with van der Waals surface area (Å²) in [6, 6.07) is 13.0. The van der Waals surface area contributed by atoms with Gasteiger partial charge in [0.25, 0.3) is 5.91 Å². The van der Waals surface area contributed by atoms with Crippen LogP contribution in [0, 0.1) is 6.92 Å². The molecule has 0 aliphatic carbocycles. The van der Waals surface area contributed by atoms with E-state index < -0.39 is 0 Å². The summed E-state index contributed by atoms with van der Waals surface area (Å²) in [6.45, 7) is 8.85. The van der Waals surface area contributed by atoms with Crippen molar-refractivity contribution in [3.63, 3.8) is 0 Å². The Morgan fingerprint density at radius 1 is 1.42 bits per heavy atom. The molecule has 1 aromatic carbocycles. The van der Waals surface area contributed by atoms with Crippen molar-refractivity contribution in [2.75, 3.05) is 19.6 Å². The Balaban J connectivity index is 1.68. The summed E-state index contributed by atoms with van der Waals surface area (Å²) in [5.41, 5.74) is 2.76. The highest BCUT2D eigenvalue weighted by molar-refractivity contribution is 5.92. The van der Waals surface area contributed by atoms with Gasteiger partial charge in [-0.15, -0.1) is 0 Å². The maximum absolute atomic E-state index is 12.7. The summed E-state index contributed by atoms with van der Waals surface area (Å²) in [6.07, 6.45) is 1.01. The molecule has 1 aromatic heterocycles. The molecule has 128 valence electrons. The van der Waals surface area contributed by atoms with E-state index in [0.717, 1.165) is 25.2 Å². The third kappa shape index (κ3) is 3.36. The first-order chi connectivity index (χ1) is 11.6. The van der Waals surface area contributed by atoms with Gasteiger partial charge in [-0.1, -0.05) is 30.3 Å². The number of aromatic nitrogens is 2. The molecule has 1 aliphatic heterocycles. The summed E-state index contributed by atoms with van der Waals surface area (Å²) < 4.78 is 0. The van der Waals surface area contributed by atoms with Crippen LogP contribution in [-0.4, -0.2) is 51.6 Å². The molecular formula is C19H26N4O. The maximum Gasteiger partial charge on any atom is 0.274 e. The lowest BCUT2D eigenvalue weighted by Crippen LogP contribution is -2.42. The van der Waals surface area contributed by atoms with E-state index in [1.165, 1.54) is 5.56 Å². The van der Waals surface area contributed by atoms with Crippen LogP contribution in [0.3, 0.4) is 0 Å². The second kappa shape index (κ2) is 7.18. The standard InChI is InChI=1S/C19H26N4O/c1-4-23(19(24)18-12-14(2)20-21-18)17-10-11-22(13-17)15(3)16-8-6-5-7-9-16/h5-9,12,15,17H,4,10-11,13H2,1-3H3,(H,20,21)/t15-,17-/m0/s1. The Morgan fingerprint density at radius 2 is 2.17 bits per heavy atom. The molecule has 2 heterocycles. The van der Waals surface area contributed by atoms with Gasteiger partial charge in [-0.3, -0.25) is 14.8 Å². The number of hydrogen-bond donors (Lipinski definition) is 1. The van der Waals surface area contributed by atoms with Crippen molar-refractivity contribution >= 4 is 5.91 Å². The lowest BCUT2D eigenvalue weighted by atomic mass is 10.1. The average molecular weight is 326 g/mol. The Hall–Kier alpha value is -2.14. The molecule has 0 bridgehead atoms. The number of carbonyl (C=O) groups excluding carboxylic acids is 1. The fourth-order valence-corrected chi connectivity index (χ4v) is 3.56. The topological polar surface area (TPSA) is 52.2 Å².